The molecule has 0 spiro atoms. The molecule has 0 saturated heterocycles. The molecule has 1 heteroatoms. The maximum Gasteiger partial charge on any atom is 0.0861 e. The van der Waals surface area contributed by atoms with Crippen molar-refractivity contribution in [1.82, 2.24) is 0 Å². The Hall–Kier alpha value is -0.560. The second-order valence-electron chi connectivity index (χ2n) is 5.29. The summed E-state index contributed by atoms with van der Waals surface area (Å²) >= 11 is 0. The standard InChI is InChI=1S/C16H28O/c1-2-13-16(17)14-11-9-7-5-3-4-6-8-10-12-15-16/h2,9,11,13,17H,3-8,10,12,14-15H2,1H3/b11-9-,13-2+. The third kappa shape index (κ3) is 6.68. The minimum absolute atomic E-state index is 0.598. The van der Waals surface area contributed by atoms with E-state index < -0.39 is 5.60 Å². The largest absolute Gasteiger partial charge is 0.385 e. The highest BCUT2D eigenvalue weighted by Crippen LogP contribution is 2.23. The van der Waals surface area contributed by atoms with Crippen molar-refractivity contribution >= 4 is 0 Å². The minimum Gasteiger partial charge on any atom is -0.385 e. The van der Waals surface area contributed by atoms with Gasteiger partial charge in [-0.15, -0.1) is 0 Å². The van der Waals surface area contributed by atoms with Crippen LogP contribution in [0.3, 0.4) is 0 Å². The molecule has 1 nitrogen and oxygen atoms in total. The molecule has 1 unspecified atom stereocenters. The average molecular weight is 236 g/mol. The summed E-state index contributed by atoms with van der Waals surface area (Å²) in [5.41, 5.74) is -0.598. The number of rotatable bonds is 1. The first kappa shape index (κ1) is 14.5. The normalized spacial score (nSPS) is 31.4. The lowest BCUT2D eigenvalue weighted by Crippen LogP contribution is -2.24. The van der Waals surface area contributed by atoms with Crippen LogP contribution in [0.1, 0.15) is 71.1 Å². The van der Waals surface area contributed by atoms with Gasteiger partial charge in [-0.2, -0.15) is 0 Å². The van der Waals surface area contributed by atoms with Crippen LogP contribution in [-0.4, -0.2) is 10.7 Å². The first-order valence-electron chi connectivity index (χ1n) is 7.28. The molecule has 0 bridgehead atoms. The molecule has 0 fully saturated rings. The third-order valence-electron chi connectivity index (χ3n) is 3.60. The smallest absolute Gasteiger partial charge is 0.0861 e. The summed E-state index contributed by atoms with van der Waals surface area (Å²) in [7, 11) is 0. The topological polar surface area (TPSA) is 20.2 Å². The Morgan fingerprint density at radius 3 is 2.29 bits per heavy atom. The summed E-state index contributed by atoms with van der Waals surface area (Å²) in [4.78, 5) is 0. The molecule has 0 saturated carbocycles. The predicted molar refractivity (Wildman–Crippen MR) is 75.1 cm³/mol. The van der Waals surface area contributed by atoms with Gasteiger partial charge in [0.15, 0.2) is 0 Å². The lowest BCUT2D eigenvalue weighted by atomic mass is 9.91. The Morgan fingerprint density at radius 2 is 1.59 bits per heavy atom. The number of hydrogen-bond donors (Lipinski definition) is 1. The quantitative estimate of drug-likeness (QED) is 0.650. The number of allylic oxidation sites excluding steroid dienone is 2. The van der Waals surface area contributed by atoms with E-state index in [0.29, 0.717) is 0 Å². The Labute approximate surface area is 107 Å². The summed E-state index contributed by atoms with van der Waals surface area (Å²) in [5, 5.41) is 10.5. The van der Waals surface area contributed by atoms with Gasteiger partial charge in [0.25, 0.3) is 0 Å². The Bertz CT molecular complexity index is 242. The van der Waals surface area contributed by atoms with Crippen molar-refractivity contribution in [2.75, 3.05) is 0 Å². The molecule has 17 heavy (non-hydrogen) atoms. The molecule has 1 atom stereocenters. The van der Waals surface area contributed by atoms with Crippen molar-refractivity contribution in [3.63, 3.8) is 0 Å². The first-order valence-corrected chi connectivity index (χ1v) is 7.28. The molecule has 98 valence electrons. The van der Waals surface area contributed by atoms with Crippen molar-refractivity contribution in [2.45, 2.75) is 76.7 Å². The highest BCUT2D eigenvalue weighted by atomic mass is 16.3. The summed E-state index contributed by atoms with van der Waals surface area (Å²) in [6, 6.07) is 0. The van der Waals surface area contributed by atoms with Crippen molar-refractivity contribution in [3.05, 3.63) is 24.3 Å². The van der Waals surface area contributed by atoms with Crippen LogP contribution in [0, 0.1) is 0 Å². The SMILES string of the molecule is C/C=C/C1(O)C/C=C\CCCCCCCCC1. The summed E-state index contributed by atoms with van der Waals surface area (Å²) in [6.07, 6.45) is 20.4. The van der Waals surface area contributed by atoms with E-state index in [1.54, 1.807) is 0 Å². The van der Waals surface area contributed by atoms with Gasteiger partial charge in [-0.25, -0.2) is 0 Å². The predicted octanol–water partition coefficient (Wildman–Crippen LogP) is 4.76. The van der Waals surface area contributed by atoms with Crippen LogP contribution >= 0.6 is 0 Å². The Kier molecular flexibility index (Phi) is 7.27. The maximum atomic E-state index is 10.5. The molecule has 0 radical (unpaired) electrons. The van der Waals surface area contributed by atoms with Crippen LogP contribution in [0.2, 0.25) is 0 Å². The average Bonchev–Trinajstić information content (AvgIpc) is 2.32. The summed E-state index contributed by atoms with van der Waals surface area (Å²) in [5.74, 6) is 0. The highest BCUT2D eigenvalue weighted by Gasteiger charge is 2.20. The fourth-order valence-electron chi connectivity index (χ4n) is 2.55. The van der Waals surface area contributed by atoms with Crippen molar-refractivity contribution in [3.8, 4) is 0 Å². The van der Waals surface area contributed by atoms with Crippen LogP contribution in [0.5, 0.6) is 0 Å². The fraction of sp³-hybridized carbons (Fsp3) is 0.750. The van der Waals surface area contributed by atoms with Crippen LogP contribution in [0.25, 0.3) is 0 Å². The van der Waals surface area contributed by atoms with Crippen LogP contribution < -0.4 is 0 Å². The monoisotopic (exact) mass is 236 g/mol. The van der Waals surface area contributed by atoms with Crippen molar-refractivity contribution < 1.29 is 5.11 Å². The summed E-state index contributed by atoms with van der Waals surface area (Å²) in [6.45, 7) is 1.99. The molecule has 1 N–H and O–H groups in total. The maximum absolute atomic E-state index is 10.5. The first-order chi connectivity index (χ1) is 8.27. The number of aliphatic hydroxyl groups is 1. The van der Waals surface area contributed by atoms with Crippen LogP contribution in [-0.2, 0) is 0 Å². The molecule has 0 amide bonds. The van der Waals surface area contributed by atoms with Crippen LogP contribution in [0.4, 0.5) is 0 Å². The lowest BCUT2D eigenvalue weighted by molar-refractivity contribution is 0.0813. The van der Waals surface area contributed by atoms with Gasteiger partial charge in [0.05, 0.1) is 5.60 Å². The van der Waals surface area contributed by atoms with E-state index in [9.17, 15) is 5.11 Å². The molecule has 0 aromatic rings. The second kappa shape index (κ2) is 8.52. The molecule has 0 aliphatic heterocycles. The third-order valence-corrected chi connectivity index (χ3v) is 3.60. The molecule has 0 aromatic carbocycles. The van der Waals surface area contributed by atoms with Gasteiger partial charge >= 0.3 is 0 Å². The Balaban J connectivity index is 2.50. The highest BCUT2D eigenvalue weighted by molar-refractivity contribution is 5.04. The molecule has 1 rings (SSSR count). The fourth-order valence-corrected chi connectivity index (χ4v) is 2.55. The zero-order valence-corrected chi connectivity index (χ0v) is 11.3. The van der Waals surface area contributed by atoms with Crippen molar-refractivity contribution in [2.24, 2.45) is 0 Å². The molecule has 1 aliphatic rings. The van der Waals surface area contributed by atoms with Gasteiger partial charge in [0, 0.05) is 0 Å². The van der Waals surface area contributed by atoms with Gasteiger partial charge in [0.2, 0.25) is 0 Å². The molecular formula is C16H28O. The van der Waals surface area contributed by atoms with Gasteiger partial charge in [-0.1, -0.05) is 62.8 Å². The summed E-state index contributed by atoms with van der Waals surface area (Å²) < 4.78 is 0. The number of hydrogen-bond acceptors (Lipinski definition) is 1. The van der Waals surface area contributed by atoms with Gasteiger partial charge < -0.3 is 5.11 Å². The Morgan fingerprint density at radius 1 is 0.941 bits per heavy atom. The molecule has 0 aromatic heterocycles. The molecule has 0 heterocycles. The van der Waals surface area contributed by atoms with Gasteiger partial charge in [-0.3, -0.25) is 0 Å². The van der Waals surface area contributed by atoms with E-state index in [2.05, 4.69) is 12.2 Å². The van der Waals surface area contributed by atoms with Gasteiger partial charge in [0.1, 0.15) is 0 Å². The van der Waals surface area contributed by atoms with Crippen LogP contribution in [0.15, 0.2) is 24.3 Å². The second-order valence-corrected chi connectivity index (χ2v) is 5.29. The van der Waals surface area contributed by atoms with Gasteiger partial charge in [-0.05, 0) is 32.6 Å². The zero-order chi connectivity index (χ0) is 12.4. The van der Waals surface area contributed by atoms with E-state index in [-0.39, 0.29) is 0 Å². The molecule has 1 aliphatic carbocycles. The van der Waals surface area contributed by atoms with E-state index in [4.69, 9.17) is 0 Å². The minimum atomic E-state index is -0.598. The zero-order valence-electron chi connectivity index (χ0n) is 11.3. The van der Waals surface area contributed by atoms with E-state index >= 15 is 0 Å². The van der Waals surface area contributed by atoms with E-state index in [0.717, 1.165) is 19.3 Å². The van der Waals surface area contributed by atoms with E-state index in [1.807, 2.05) is 19.1 Å². The van der Waals surface area contributed by atoms with Crippen molar-refractivity contribution in [1.29, 1.82) is 0 Å². The van der Waals surface area contributed by atoms with E-state index in [1.165, 1.54) is 44.9 Å². The molecular weight excluding hydrogens is 208 g/mol. The lowest BCUT2D eigenvalue weighted by Gasteiger charge is -2.23.